The van der Waals surface area contributed by atoms with Gasteiger partial charge in [0, 0.05) is 0 Å². The first-order chi connectivity index (χ1) is 9.93. The van der Waals surface area contributed by atoms with Gasteiger partial charge in [-0.15, -0.1) is 0 Å². The van der Waals surface area contributed by atoms with Crippen molar-refractivity contribution in [3.05, 3.63) is 61.5 Å². The van der Waals surface area contributed by atoms with Crippen LogP contribution in [0.15, 0.2) is 79.1 Å². The van der Waals surface area contributed by atoms with Crippen LogP contribution in [0.5, 0.6) is 0 Å². The monoisotopic (exact) mass is 266 g/mol. The summed E-state index contributed by atoms with van der Waals surface area (Å²) in [4.78, 5) is 0. The second-order valence-electron chi connectivity index (χ2n) is 4.29. The van der Waals surface area contributed by atoms with E-state index >= 15 is 0 Å². The van der Waals surface area contributed by atoms with E-state index in [0.717, 1.165) is 16.9 Å². The van der Waals surface area contributed by atoms with Crippen molar-refractivity contribution in [2.45, 2.75) is 0 Å². The number of hydrogen-bond acceptors (Lipinski definition) is 4. The number of rotatable bonds is 3. The fourth-order valence-corrected chi connectivity index (χ4v) is 2.23. The van der Waals surface area contributed by atoms with Gasteiger partial charge in [0.15, 0.2) is 11.5 Å². The summed E-state index contributed by atoms with van der Waals surface area (Å²) in [6.07, 6.45) is 6.51. The Bertz CT molecular complexity index is 735. The summed E-state index contributed by atoms with van der Waals surface area (Å²) in [7, 11) is 0. The minimum atomic E-state index is 0.622. The molecule has 0 fully saturated rings. The highest BCUT2D eigenvalue weighted by molar-refractivity contribution is 5.87. The number of furan rings is 4. The number of hydrogen-bond donors (Lipinski definition) is 0. The highest BCUT2D eigenvalue weighted by Gasteiger charge is 2.23. The Kier molecular flexibility index (Phi) is 2.39. The summed E-state index contributed by atoms with van der Waals surface area (Å²) < 4.78 is 22.1. The Labute approximate surface area is 114 Å². The predicted molar refractivity (Wildman–Crippen MR) is 71.8 cm³/mol. The predicted octanol–water partition coefficient (Wildman–Crippen LogP) is 5.06. The van der Waals surface area contributed by atoms with Crippen LogP contribution in [0.1, 0.15) is 0 Å². The van der Waals surface area contributed by atoms with E-state index in [2.05, 4.69) is 0 Å². The van der Waals surface area contributed by atoms with Gasteiger partial charge in [-0.25, -0.2) is 0 Å². The van der Waals surface area contributed by atoms with E-state index in [1.54, 1.807) is 25.1 Å². The fraction of sp³-hybridized carbons (Fsp3) is 0. The lowest BCUT2D eigenvalue weighted by molar-refractivity contribution is 0.522. The molecule has 4 aromatic heterocycles. The molecule has 4 heterocycles. The third-order valence-electron chi connectivity index (χ3n) is 3.09. The second-order valence-corrected chi connectivity index (χ2v) is 4.29. The molecule has 0 aliphatic heterocycles. The second kappa shape index (κ2) is 4.35. The molecule has 4 nitrogen and oxygen atoms in total. The maximum atomic E-state index is 5.67. The van der Waals surface area contributed by atoms with Crippen molar-refractivity contribution in [2.24, 2.45) is 0 Å². The molecule has 0 N–H and O–H groups in total. The minimum Gasteiger partial charge on any atom is -0.464 e. The van der Waals surface area contributed by atoms with E-state index in [1.165, 1.54) is 0 Å². The highest BCUT2D eigenvalue weighted by atomic mass is 16.4. The lowest BCUT2D eigenvalue weighted by Gasteiger charge is -1.99. The zero-order chi connectivity index (χ0) is 13.4. The fourth-order valence-electron chi connectivity index (χ4n) is 2.23. The van der Waals surface area contributed by atoms with Crippen molar-refractivity contribution in [2.75, 3.05) is 0 Å². The van der Waals surface area contributed by atoms with Crippen LogP contribution in [0.25, 0.3) is 34.2 Å². The van der Waals surface area contributed by atoms with Crippen LogP contribution in [0.4, 0.5) is 0 Å². The Balaban J connectivity index is 1.98. The molecular formula is C16H10O4. The van der Waals surface area contributed by atoms with Crippen molar-refractivity contribution in [3.8, 4) is 34.2 Å². The van der Waals surface area contributed by atoms with Gasteiger partial charge in [0.25, 0.3) is 0 Å². The molecule has 0 aliphatic rings. The van der Waals surface area contributed by atoms with E-state index in [9.17, 15) is 0 Å². The first-order valence-electron chi connectivity index (χ1n) is 6.16. The van der Waals surface area contributed by atoms with Crippen LogP contribution < -0.4 is 0 Å². The van der Waals surface area contributed by atoms with Crippen molar-refractivity contribution in [1.29, 1.82) is 0 Å². The van der Waals surface area contributed by atoms with E-state index in [0.29, 0.717) is 17.3 Å². The van der Waals surface area contributed by atoms with Crippen LogP contribution in [0, 0.1) is 0 Å². The summed E-state index contributed by atoms with van der Waals surface area (Å²) >= 11 is 0. The summed E-state index contributed by atoms with van der Waals surface area (Å²) in [5, 5.41) is 0. The molecule has 4 aromatic rings. The average Bonchev–Trinajstić information content (AvgIpc) is 3.23. The standard InChI is InChI=1S/C16H10O4/c1-4-12(17-7-1)11-10-20-16(14-6-3-9-19-14)15(11)13-5-2-8-18-13/h1-10H. The molecule has 0 aromatic carbocycles. The van der Waals surface area contributed by atoms with E-state index in [1.807, 2.05) is 36.4 Å². The van der Waals surface area contributed by atoms with Gasteiger partial charge in [-0.2, -0.15) is 0 Å². The Morgan fingerprint density at radius 2 is 1.20 bits per heavy atom. The molecule has 0 spiro atoms. The maximum Gasteiger partial charge on any atom is 0.180 e. The summed E-state index contributed by atoms with van der Waals surface area (Å²) in [5.74, 6) is 2.69. The van der Waals surface area contributed by atoms with E-state index in [4.69, 9.17) is 17.7 Å². The molecule has 98 valence electrons. The molecule has 0 atom stereocenters. The van der Waals surface area contributed by atoms with E-state index < -0.39 is 0 Å². The van der Waals surface area contributed by atoms with Crippen LogP contribution in [0.3, 0.4) is 0 Å². The minimum absolute atomic E-state index is 0.622. The summed E-state index contributed by atoms with van der Waals surface area (Å²) in [6.45, 7) is 0. The Morgan fingerprint density at radius 1 is 0.600 bits per heavy atom. The average molecular weight is 266 g/mol. The maximum absolute atomic E-state index is 5.67. The van der Waals surface area contributed by atoms with Gasteiger partial charge >= 0.3 is 0 Å². The van der Waals surface area contributed by atoms with E-state index in [-0.39, 0.29) is 0 Å². The largest absolute Gasteiger partial charge is 0.464 e. The van der Waals surface area contributed by atoms with Crippen LogP contribution in [-0.4, -0.2) is 0 Å². The molecule has 4 rings (SSSR count). The lowest BCUT2D eigenvalue weighted by atomic mass is 10.1. The van der Waals surface area contributed by atoms with Gasteiger partial charge in [-0.05, 0) is 36.4 Å². The SMILES string of the molecule is c1coc(-c2coc(-c3ccco3)c2-c2ccco2)c1. The molecule has 0 saturated heterocycles. The molecule has 0 saturated carbocycles. The highest BCUT2D eigenvalue weighted by Crippen LogP contribution is 2.42. The summed E-state index contributed by atoms with van der Waals surface area (Å²) in [5.41, 5.74) is 1.65. The molecule has 0 amide bonds. The van der Waals surface area contributed by atoms with Gasteiger partial charge in [0.05, 0.1) is 29.9 Å². The van der Waals surface area contributed by atoms with Gasteiger partial charge in [-0.1, -0.05) is 0 Å². The van der Waals surface area contributed by atoms with Crippen molar-refractivity contribution < 1.29 is 17.7 Å². The zero-order valence-electron chi connectivity index (χ0n) is 10.4. The third kappa shape index (κ3) is 1.62. The van der Waals surface area contributed by atoms with Crippen molar-refractivity contribution in [1.82, 2.24) is 0 Å². The molecule has 20 heavy (non-hydrogen) atoms. The lowest BCUT2D eigenvalue weighted by Crippen LogP contribution is -1.79. The molecular weight excluding hydrogens is 256 g/mol. The smallest absolute Gasteiger partial charge is 0.180 e. The molecule has 4 heteroatoms. The van der Waals surface area contributed by atoms with Gasteiger partial charge in [-0.3, -0.25) is 0 Å². The van der Waals surface area contributed by atoms with Gasteiger partial charge in [0.2, 0.25) is 0 Å². The van der Waals surface area contributed by atoms with Gasteiger partial charge in [0.1, 0.15) is 17.8 Å². The molecule has 0 radical (unpaired) electrons. The first kappa shape index (κ1) is 11.0. The summed E-state index contributed by atoms with van der Waals surface area (Å²) in [6, 6.07) is 11.1. The normalized spacial score (nSPS) is 11.0. The van der Waals surface area contributed by atoms with Gasteiger partial charge < -0.3 is 17.7 Å². The Hall–Kier alpha value is -2.88. The first-order valence-corrected chi connectivity index (χ1v) is 6.16. The quantitative estimate of drug-likeness (QED) is 0.520. The zero-order valence-corrected chi connectivity index (χ0v) is 10.4. The topological polar surface area (TPSA) is 52.6 Å². The Morgan fingerprint density at radius 3 is 1.80 bits per heavy atom. The van der Waals surface area contributed by atoms with Crippen LogP contribution in [0.2, 0.25) is 0 Å². The van der Waals surface area contributed by atoms with Crippen LogP contribution >= 0.6 is 0 Å². The van der Waals surface area contributed by atoms with Crippen molar-refractivity contribution in [3.63, 3.8) is 0 Å². The molecule has 0 unspecified atom stereocenters. The third-order valence-corrected chi connectivity index (χ3v) is 3.09. The van der Waals surface area contributed by atoms with Crippen LogP contribution in [-0.2, 0) is 0 Å². The molecule has 0 aliphatic carbocycles. The molecule has 0 bridgehead atoms. The van der Waals surface area contributed by atoms with Crippen molar-refractivity contribution >= 4 is 0 Å².